The van der Waals surface area contributed by atoms with Gasteiger partial charge in [0, 0.05) is 5.92 Å². The monoisotopic (exact) mass is 207 g/mol. The summed E-state index contributed by atoms with van der Waals surface area (Å²) in [6, 6.07) is 6.86. The highest BCUT2D eigenvalue weighted by molar-refractivity contribution is 5.77. The number of amides is 1. The second-order valence-corrected chi connectivity index (χ2v) is 4.12. The molecule has 3 nitrogen and oxygen atoms in total. The number of aromatic hydroxyl groups is 1. The molecule has 0 fully saturated rings. The number of rotatable bonds is 4. The van der Waals surface area contributed by atoms with Gasteiger partial charge in [0.05, 0.1) is 0 Å². The van der Waals surface area contributed by atoms with Crippen LogP contribution >= 0.6 is 0 Å². The summed E-state index contributed by atoms with van der Waals surface area (Å²) in [5.74, 6) is 0.0582. The molecular weight excluding hydrogens is 190 g/mol. The van der Waals surface area contributed by atoms with Crippen molar-refractivity contribution in [1.29, 1.82) is 0 Å². The summed E-state index contributed by atoms with van der Waals surface area (Å²) in [5, 5.41) is 9.12. The number of nitrogens with two attached hydrogens (primary N) is 1. The minimum atomic E-state index is -0.266. The lowest BCUT2D eigenvalue weighted by Gasteiger charge is -2.17. The molecule has 0 aliphatic rings. The van der Waals surface area contributed by atoms with Crippen molar-refractivity contribution in [2.24, 2.45) is 17.6 Å². The molecule has 0 spiro atoms. The van der Waals surface area contributed by atoms with Crippen LogP contribution in [0.2, 0.25) is 0 Å². The van der Waals surface area contributed by atoms with Crippen LogP contribution in [0.5, 0.6) is 5.75 Å². The summed E-state index contributed by atoms with van der Waals surface area (Å²) < 4.78 is 0. The number of phenols is 1. The molecule has 0 bridgehead atoms. The third-order valence-electron chi connectivity index (χ3n) is 2.56. The zero-order valence-electron chi connectivity index (χ0n) is 9.10. The maximum atomic E-state index is 11.2. The van der Waals surface area contributed by atoms with Gasteiger partial charge >= 0.3 is 0 Å². The van der Waals surface area contributed by atoms with E-state index in [-0.39, 0.29) is 23.5 Å². The first-order valence-corrected chi connectivity index (χ1v) is 5.08. The second kappa shape index (κ2) is 4.82. The normalized spacial score (nSPS) is 12.7. The van der Waals surface area contributed by atoms with Crippen molar-refractivity contribution in [3.05, 3.63) is 29.8 Å². The number of phenolic OH excluding ortho intramolecular Hbond substituents is 1. The van der Waals surface area contributed by atoms with E-state index in [1.165, 1.54) is 0 Å². The Morgan fingerprint density at radius 3 is 2.27 bits per heavy atom. The van der Waals surface area contributed by atoms with Crippen LogP contribution in [-0.2, 0) is 11.2 Å². The Bertz CT molecular complexity index is 330. The maximum absolute atomic E-state index is 11.2. The lowest BCUT2D eigenvalue weighted by atomic mass is 9.89. The summed E-state index contributed by atoms with van der Waals surface area (Å²) in [6.45, 7) is 3.96. The number of carbonyl (C=O) groups is 1. The first kappa shape index (κ1) is 11.6. The van der Waals surface area contributed by atoms with Gasteiger partial charge in [0.25, 0.3) is 0 Å². The van der Waals surface area contributed by atoms with Crippen LogP contribution in [0.25, 0.3) is 0 Å². The van der Waals surface area contributed by atoms with Crippen molar-refractivity contribution in [3.63, 3.8) is 0 Å². The molecule has 0 aromatic heterocycles. The SMILES string of the molecule is CC(C)[C@@H](Cc1ccc(O)cc1)C(N)=O. The molecule has 0 aliphatic carbocycles. The first-order valence-electron chi connectivity index (χ1n) is 5.08. The van der Waals surface area contributed by atoms with E-state index in [9.17, 15) is 4.79 Å². The van der Waals surface area contributed by atoms with E-state index in [0.29, 0.717) is 6.42 Å². The molecule has 82 valence electrons. The van der Waals surface area contributed by atoms with Gasteiger partial charge in [-0.1, -0.05) is 26.0 Å². The molecular formula is C12H17NO2. The van der Waals surface area contributed by atoms with E-state index in [1.54, 1.807) is 12.1 Å². The zero-order chi connectivity index (χ0) is 11.4. The van der Waals surface area contributed by atoms with E-state index in [0.717, 1.165) is 5.56 Å². The predicted octanol–water partition coefficient (Wildman–Crippen LogP) is 1.69. The Morgan fingerprint density at radius 2 is 1.87 bits per heavy atom. The van der Waals surface area contributed by atoms with Gasteiger partial charge in [-0.05, 0) is 30.0 Å². The molecule has 0 unspecified atom stereocenters. The average Bonchev–Trinajstić information content (AvgIpc) is 2.15. The zero-order valence-corrected chi connectivity index (χ0v) is 9.10. The van der Waals surface area contributed by atoms with E-state index >= 15 is 0 Å². The fourth-order valence-electron chi connectivity index (χ4n) is 1.55. The van der Waals surface area contributed by atoms with Crippen LogP contribution in [0.4, 0.5) is 0 Å². The third-order valence-corrected chi connectivity index (χ3v) is 2.56. The van der Waals surface area contributed by atoms with Crippen LogP contribution in [-0.4, -0.2) is 11.0 Å². The molecule has 1 amide bonds. The van der Waals surface area contributed by atoms with Crippen molar-refractivity contribution in [3.8, 4) is 5.75 Å². The molecule has 3 heteroatoms. The molecule has 15 heavy (non-hydrogen) atoms. The number of benzene rings is 1. The smallest absolute Gasteiger partial charge is 0.221 e. The largest absolute Gasteiger partial charge is 0.508 e. The summed E-state index contributed by atoms with van der Waals surface area (Å²) in [6.07, 6.45) is 0.632. The van der Waals surface area contributed by atoms with Gasteiger partial charge in [-0.3, -0.25) is 4.79 Å². The molecule has 0 aliphatic heterocycles. The van der Waals surface area contributed by atoms with Crippen molar-refractivity contribution in [2.75, 3.05) is 0 Å². The van der Waals surface area contributed by atoms with Crippen molar-refractivity contribution >= 4 is 5.91 Å². The Balaban J connectivity index is 2.74. The number of hydrogen-bond donors (Lipinski definition) is 2. The Morgan fingerprint density at radius 1 is 1.33 bits per heavy atom. The third kappa shape index (κ3) is 3.27. The summed E-state index contributed by atoms with van der Waals surface area (Å²) in [5.41, 5.74) is 6.35. The number of hydrogen-bond acceptors (Lipinski definition) is 2. The van der Waals surface area contributed by atoms with E-state index in [1.807, 2.05) is 26.0 Å². The van der Waals surface area contributed by atoms with Gasteiger partial charge in [0.1, 0.15) is 5.75 Å². The van der Waals surface area contributed by atoms with Gasteiger partial charge in [-0.15, -0.1) is 0 Å². The fraction of sp³-hybridized carbons (Fsp3) is 0.417. The average molecular weight is 207 g/mol. The molecule has 0 saturated heterocycles. The lowest BCUT2D eigenvalue weighted by Crippen LogP contribution is -2.29. The second-order valence-electron chi connectivity index (χ2n) is 4.12. The standard InChI is InChI=1S/C12H17NO2/c1-8(2)11(12(13)15)7-9-3-5-10(14)6-4-9/h3-6,8,11,14H,7H2,1-2H3,(H2,13,15)/t11-/m1/s1. The van der Waals surface area contributed by atoms with Gasteiger partial charge in [0.2, 0.25) is 5.91 Å². The molecule has 0 radical (unpaired) electrons. The fourth-order valence-corrected chi connectivity index (χ4v) is 1.55. The van der Waals surface area contributed by atoms with Crippen LogP contribution in [0.15, 0.2) is 24.3 Å². The van der Waals surface area contributed by atoms with Crippen molar-refractivity contribution < 1.29 is 9.90 Å². The summed E-state index contributed by atoms with van der Waals surface area (Å²) >= 11 is 0. The highest BCUT2D eigenvalue weighted by Crippen LogP contribution is 2.18. The predicted molar refractivity (Wildman–Crippen MR) is 59.3 cm³/mol. The number of primary amides is 1. The quantitative estimate of drug-likeness (QED) is 0.789. The van der Waals surface area contributed by atoms with Crippen molar-refractivity contribution in [2.45, 2.75) is 20.3 Å². The van der Waals surface area contributed by atoms with E-state index < -0.39 is 0 Å². The van der Waals surface area contributed by atoms with Crippen molar-refractivity contribution in [1.82, 2.24) is 0 Å². The van der Waals surface area contributed by atoms with E-state index in [2.05, 4.69) is 0 Å². The molecule has 0 saturated carbocycles. The maximum Gasteiger partial charge on any atom is 0.221 e. The summed E-state index contributed by atoms with van der Waals surface area (Å²) in [4.78, 5) is 11.2. The Hall–Kier alpha value is -1.51. The molecule has 3 N–H and O–H groups in total. The highest BCUT2D eigenvalue weighted by atomic mass is 16.3. The number of carbonyl (C=O) groups excluding carboxylic acids is 1. The van der Waals surface area contributed by atoms with E-state index in [4.69, 9.17) is 10.8 Å². The van der Waals surface area contributed by atoms with Gasteiger partial charge < -0.3 is 10.8 Å². The summed E-state index contributed by atoms with van der Waals surface area (Å²) in [7, 11) is 0. The van der Waals surface area contributed by atoms with Gasteiger partial charge in [0.15, 0.2) is 0 Å². The molecule has 0 heterocycles. The minimum absolute atomic E-state index is 0.144. The topological polar surface area (TPSA) is 63.3 Å². The van der Waals surface area contributed by atoms with Crippen LogP contribution in [0, 0.1) is 11.8 Å². The molecule has 1 aromatic rings. The molecule has 1 atom stereocenters. The van der Waals surface area contributed by atoms with Crippen LogP contribution in [0.1, 0.15) is 19.4 Å². The lowest BCUT2D eigenvalue weighted by molar-refractivity contribution is -0.123. The highest BCUT2D eigenvalue weighted by Gasteiger charge is 2.19. The van der Waals surface area contributed by atoms with Gasteiger partial charge in [-0.2, -0.15) is 0 Å². The minimum Gasteiger partial charge on any atom is -0.508 e. The van der Waals surface area contributed by atoms with Crippen LogP contribution in [0.3, 0.4) is 0 Å². The first-order chi connectivity index (χ1) is 7.00. The molecule has 1 aromatic carbocycles. The van der Waals surface area contributed by atoms with Crippen LogP contribution < -0.4 is 5.73 Å². The van der Waals surface area contributed by atoms with Gasteiger partial charge in [-0.25, -0.2) is 0 Å². The Labute approximate surface area is 89.9 Å². The Kier molecular flexibility index (Phi) is 3.72. The molecule has 1 rings (SSSR count).